The summed E-state index contributed by atoms with van der Waals surface area (Å²) in [5.74, 6) is -0.252. The summed E-state index contributed by atoms with van der Waals surface area (Å²) in [6.07, 6.45) is 2.15. The molecule has 0 atom stereocenters. The zero-order valence-corrected chi connectivity index (χ0v) is 16.3. The first-order chi connectivity index (χ1) is 13.5. The van der Waals surface area contributed by atoms with Gasteiger partial charge in [-0.1, -0.05) is 23.7 Å². The van der Waals surface area contributed by atoms with Crippen molar-refractivity contribution < 1.29 is 4.79 Å². The number of carbonyl (C=O) groups excluding carboxylic acids is 1. The van der Waals surface area contributed by atoms with Crippen LogP contribution in [0.4, 0.5) is 5.69 Å². The molecule has 2 aromatic rings. The number of H-pyrrole nitrogens is 1. The quantitative estimate of drug-likeness (QED) is 0.655. The van der Waals surface area contributed by atoms with E-state index in [0.717, 1.165) is 49.9 Å². The summed E-state index contributed by atoms with van der Waals surface area (Å²) in [6, 6.07) is 9.10. The van der Waals surface area contributed by atoms with Crippen LogP contribution >= 0.6 is 11.6 Å². The summed E-state index contributed by atoms with van der Waals surface area (Å²) in [4.78, 5) is 41.3. The summed E-state index contributed by atoms with van der Waals surface area (Å²) in [5, 5.41) is 3.59. The molecule has 1 aromatic heterocycles. The van der Waals surface area contributed by atoms with Crippen molar-refractivity contribution in [3.05, 3.63) is 62.4 Å². The number of amides is 1. The smallest absolute Gasteiger partial charge is 0.328 e. The van der Waals surface area contributed by atoms with Crippen LogP contribution in [0.3, 0.4) is 0 Å². The van der Waals surface area contributed by atoms with Gasteiger partial charge in [0.25, 0.3) is 5.56 Å². The number of para-hydroxylation sites is 1. The Labute approximate surface area is 167 Å². The van der Waals surface area contributed by atoms with Gasteiger partial charge in [0, 0.05) is 45.0 Å². The van der Waals surface area contributed by atoms with Crippen molar-refractivity contribution in [2.24, 2.45) is 0 Å². The highest BCUT2D eigenvalue weighted by molar-refractivity contribution is 6.33. The van der Waals surface area contributed by atoms with E-state index in [2.05, 4.69) is 20.1 Å². The molecule has 28 heavy (non-hydrogen) atoms. The van der Waals surface area contributed by atoms with Crippen LogP contribution in [0.2, 0.25) is 5.02 Å². The average Bonchev–Trinajstić information content (AvgIpc) is 2.68. The standard InChI is InChI=1S/C19H24ClN5O3/c20-15-4-1-2-5-16(15)24-12-10-23(11-13-24)8-3-7-21-18(27)14-25-9-6-17(26)22-19(25)28/h1-2,4-6,9H,3,7-8,10-14H2,(H,21,27)(H,22,26,28). The lowest BCUT2D eigenvalue weighted by Gasteiger charge is -2.36. The van der Waals surface area contributed by atoms with Crippen LogP contribution in [0, 0.1) is 0 Å². The number of halogens is 1. The van der Waals surface area contributed by atoms with Gasteiger partial charge in [-0.25, -0.2) is 4.79 Å². The highest BCUT2D eigenvalue weighted by Gasteiger charge is 2.18. The summed E-state index contributed by atoms with van der Waals surface area (Å²) in [6.45, 7) is 5.08. The van der Waals surface area contributed by atoms with Gasteiger partial charge in [-0.05, 0) is 25.1 Å². The van der Waals surface area contributed by atoms with E-state index in [-0.39, 0.29) is 12.5 Å². The second-order valence-electron chi connectivity index (χ2n) is 6.72. The first kappa shape index (κ1) is 20.2. The Balaban J connectivity index is 1.35. The Morgan fingerprint density at radius 1 is 1.11 bits per heavy atom. The zero-order valence-electron chi connectivity index (χ0n) is 15.6. The molecule has 1 fully saturated rings. The monoisotopic (exact) mass is 405 g/mol. The molecule has 1 aliphatic rings. The molecule has 1 amide bonds. The van der Waals surface area contributed by atoms with Crippen LogP contribution in [0.1, 0.15) is 6.42 Å². The van der Waals surface area contributed by atoms with Crippen LogP contribution in [0.5, 0.6) is 0 Å². The highest BCUT2D eigenvalue weighted by Crippen LogP contribution is 2.25. The molecule has 1 aromatic carbocycles. The van der Waals surface area contributed by atoms with Crippen molar-refractivity contribution in [1.29, 1.82) is 0 Å². The minimum atomic E-state index is -0.584. The van der Waals surface area contributed by atoms with Gasteiger partial charge < -0.3 is 10.2 Å². The number of rotatable bonds is 7. The number of carbonyl (C=O) groups is 1. The van der Waals surface area contributed by atoms with E-state index >= 15 is 0 Å². The Kier molecular flexibility index (Phi) is 6.89. The van der Waals surface area contributed by atoms with Crippen molar-refractivity contribution in [3.8, 4) is 0 Å². The van der Waals surface area contributed by atoms with Crippen LogP contribution in [-0.4, -0.2) is 59.6 Å². The molecule has 0 bridgehead atoms. The van der Waals surface area contributed by atoms with Gasteiger partial charge in [-0.3, -0.25) is 24.0 Å². The topological polar surface area (TPSA) is 90.4 Å². The van der Waals surface area contributed by atoms with Crippen LogP contribution in [0.25, 0.3) is 0 Å². The van der Waals surface area contributed by atoms with Crippen molar-refractivity contribution in [2.75, 3.05) is 44.2 Å². The van der Waals surface area contributed by atoms with Gasteiger partial charge in [-0.2, -0.15) is 0 Å². The number of hydrogen-bond acceptors (Lipinski definition) is 5. The van der Waals surface area contributed by atoms with E-state index in [1.807, 2.05) is 24.3 Å². The minimum Gasteiger partial charge on any atom is -0.368 e. The van der Waals surface area contributed by atoms with E-state index in [4.69, 9.17) is 11.6 Å². The fourth-order valence-electron chi connectivity index (χ4n) is 3.23. The maximum Gasteiger partial charge on any atom is 0.328 e. The second kappa shape index (κ2) is 9.57. The predicted molar refractivity (Wildman–Crippen MR) is 109 cm³/mol. The van der Waals surface area contributed by atoms with E-state index < -0.39 is 11.2 Å². The second-order valence-corrected chi connectivity index (χ2v) is 7.13. The first-order valence-corrected chi connectivity index (χ1v) is 9.69. The van der Waals surface area contributed by atoms with Gasteiger partial charge in [0.15, 0.2) is 0 Å². The average molecular weight is 406 g/mol. The van der Waals surface area contributed by atoms with E-state index in [9.17, 15) is 14.4 Å². The van der Waals surface area contributed by atoms with Crippen molar-refractivity contribution in [1.82, 2.24) is 19.8 Å². The molecule has 3 rings (SSSR count). The SMILES string of the molecule is O=C(Cn1ccc(=O)[nH]c1=O)NCCCN1CCN(c2ccccc2Cl)CC1. The van der Waals surface area contributed by atoms with E-state index in [1.165, 1.54) is 16.8 Å². The number of aromatic amines is 1. The number of hydrogen-bond donors (Lipinski definition) is 2. The third-order valence-corrected chi connectivity index (χ3v) is 5.07. The van der Waals surface area contributed by atoms with Gasteiger partial charge in [0.1, 0.15) is 6.54 Å². The summed E-state index contributed by atoms with van der Waals surface area (Å²) in [5.41, 5.74) is 0.0175. The number of aromatic nitrogens is 2. The molecule has 2 heterocycles. The molecule has 1 saturated heterocycles. The molecule has 0 aliphatic carbocycles. The zero-order chi connectivity index (χ0) is 19.9. The minimum absolute atomic E-state index is 0.105. The Hall–Kier alpha value is -2.58. The summed E-state index contributed by atoms with van der Waals surface area (Å²) < 4.78 is 1.17. The number of nitrogens with zero attached hydrogens (tertiary/aromatic N) is 3. The van der Waals surface area contributed by atoms with Gasteiger partial charge in [0.2, 0.25) is 5.91 Å². The molecular formula is C19H24ClN5O3. The lowest BCUT2D eigenvalue weighted by atomic mass is 10.2. The van der Waals surface area contributed by atoms with Gasteiger partial charge in [-0.15, -0.1) is 0 Å². The maximum absolute atomic E-state index is 11.9. The number of benzene rings is 1. The highest BCUT2D eigenvalue weighted by atomic mass is 35.5. The molecule has 150 valence electrons. The van der Waals surface area contributed by atoms with E-state index in [1.54, 1.807) is 0 Å². The molecule has 1 aliphatic heterocycles. The lowest BCUT2D eigenvalue weighted by molar-refractivity contribution is -0.121. The molecule has 0 spiro atoms. The van der Waals surface area contributed by atoms with E-state index in [0.29, 0.717) is 6.54 Å². The number of anilines is 1. The lowest BCUT2D eigenvalue weighted by Crippen LogP contribution is -2.47. The van der Waals surface area contributed by atoms with Crippen LogP contribution < -0.4 is 21.5 Å². The number of piperazine rings is 1. The third kappa shape index (κ3) is 5.46. The molecule has 0 radical (unpaired) electrons. The van der Waals surface area contributed by atoms with Crippen molar-refractivity contribution in [3.63, 3.8) is 0 Å². The normalized spacial score (nSPS) is 14.8. The molecule has 0 saturated carbocycles. The van der Waals surface area contributed by atoms with Crippen LogP contribution in [0.15, 0.2) is 46.1 Å². The molecule has 2 N–H and O–H groups in total. The number of nitrogens with one attached hydrogen (secondary N) is 2. The first-order valence-electron chi connectivity index (χ1n) is 9.31. The van der Waals surface area contributed by atoms with Crippen molar-refractivity contribution in [2.45, 2.75) is 13.0 Å². The Bertz CT molecular complexity index is 918. The van der Waals surface area contributed by atoms with Gasteiger partial charge in [0.05, 0.1) is 10.7 Å². The Morgan fingerprint density at radius 2 is 1.86 bits per heavy atom. The van der Waals surface area contributed by atoms with Gasteiger partial charge >= 0.3 is 5.69 Å². The third-order valence-electron chi connectivity index (χ3n) is 4.75. The predicted octanol–water partition coefficient (Wildman–Crippen LogP) is 0.519. The molecule has 9 heteroatoms. The van der Waals surface area contributed by atoms with Crippen molar-refractivity contribution >= 4 is 23.2 Å². The Morgan fingerprint density at radius 3 is 2.57 bits per heavy atom. The summed E-state index contributed by atoms with van der Waals surface area (Å²) >= 11 is 6.27. The largest absolute Gasteiger partial charge is 0.368 e. The fourth-order valence-corrected chi connectivity index (χ4v) is 3.49. The van der Waals surface area contributed by atoms with Crippen LogP contribution in [-0.2, 0) is 11.3 Å². The fraction of sp³-hybridized carbons (Fsp3) is 0.421. The molecule has 0 unspecified atom stereocenters. The maximum atomic E-state index is 11.9. The summed E-state index contributed by atoms with van der Waals surface area (Å²) in [7, 11) is 0. The molecule has 8 nitrogen and oxygen atoms in total. The molecular weight excluding hydrogens is 382 g/mol.